The molecule has 1 atom stereocenters. The van der Waals surface area contributed by atoms with Gasteiger partial charge in [0, 0.05) is 24.1 Å². The first-order valence-corrected chi connectivity index (χ1v) is 8.18. The Morgan fingerprint density at radius 1 is 1.20 bits per heavy atom. The third-order valence-corrected chi connectivity index (χ3v) is 4.38. The lowest BCUT2D eigenvalue weighted by molar-refractivity contribution is 0.509. The zero-order valence-corrected chi connectivity index (χ0v) is 13.2. The lowest BCUT2D eigenvalue weighted by atomic mass is 10.1. The predicted octanol–water partition coefficient (Wildman–Crippen LogP) is 3.29. The molecule has 4 nitrogen and oxygen atoms in total. The van der Waals surface area contributed by atoms with Gasteiger partial charge in [0.25, 0.3) is 0 Å². The molecule has 0 spiro atoms. The Morgan fingerprint density at radius 2 is 1.95 bits per heavy atom. The van der Waals surface area contributed by atoms with Crippen LogP contribution in [0.25, 0.3) is 0 Å². The van der Waals surface area contributed by atoms with Crippen LogP contribution in [0.2, 0.25) is 0 Å². The van der Waals surface area contributed by atoms with Gasteiger partial charge in [-0.1, -0.05) is 19.9 Å². The van der Waals surface area contributed by atoms with Gasteiger partial charge in [-0.3, -0.25) is 9.19 Å². The van der Waals surface area contributed by atoms with Crippen LogP contribution >= 0.6 is 0 Å². The summed E-state index contributed by atoms with van der Waals surface area (Å²) < 4.78 is 14.7. The van der Waals surface area contributed by atoms with Gasteiger partial charge in [0.1, 0.15) is 0 Å². The summed E-state index contributed by atoms with van der Waals surface area (Å²) >= 11 is 0. The van der Waals surface area contributed by atoms with Crippen molar-refractivity contribution >= 4 is 10.8 Å². The molecule has 0 bridgehead atoms. The van der Waals surface area contributed by atoms with E-state index in [2.05, 4.69) is 42.2 Å². The molecule has 0 unspecified atom stereocenters. The van der Waals surface area contributed by atoms with Crippen molar-refractivity contribution in [2.45, 2.75) is 50.6 Å². The molecule has 0 aliphatic rings. The van der Waals surface area contributed by atoms with Gasteiger partial charge in [-0.15, -0.1) is 0 Å². The standard InChI is InChI=1S/C15H21N3OS/c1-11(2)14-9-17-15(18(14)12(3)4)20(19)10-13-7-5-6-8-16-13/h5-9,11-12H,10H2,1-4H3/t20-/m1/s1. The lowest BCUT2D eigenvalue weighted by Gasteiger charge is -2.17. The van der Waals surface area contributed by atoms with Crippen molar-refractivity contribution in [3.63, 3.8) is 0 Å². The largest absolute Gasteiger partial charge is 0.318 e. The normalized spacial score (nSPS) is 13.1. The molecular formula is C15H21N3OS. The molecule has 0 saturated heterocycles. The van der Waals surface area contributed by atoms with Crippen molar-refractivity contribution in [1.82, 2.24) is 14.5 Å². The van der Waals surface area contributed by atoms with Gasteiger partial charge < -0.3 is 4.57 Å². The second-order valence-corrected chi connectivity index (χ2v) is 6.74. The van der Waals surface area contributed by atoms with Crippen LogP contribution in [0.15, 0.2) is 35.7 Å². The molecule has 5 heteroatoms. The molecule has 0 aromatic carbocycles. The van der Waals surface area contributed by atoms with Crippen LogP contribution in [0.5, 0.6) is 0 Å². The number of nitrogens with zero attached hydrogens (tertiary/aromatic N) is 3. The van der Waals surface area contributed by atoms with Gasteiger partial charge in [0.05, 0.1) is 22.2 Å². The molecule has 2 aromatic heterocycles. The molecular weight excluding hydrogens is 270 g/mol. The van der Waals surface area contributed by atoms with Crippen LogP contribution in [0.1, 0.15) is 51.0 Å². The molecule has 2 heterocycles. The number of rotatable bonds is 5. The summed E-state index contributed by atoms with van der Waals surface area (Å²) in [6, 6.07) is 5.91. The molecule has 20 heavy (non-hydrogen) atoms. The predicted molar refractivity (Wildman–Crippen MR) is 81.1 cm³/mol. The van der Waals surface area contributed by atoms with E-state index in [4.69, 9.17) is 0 Å². The first-order valence-electron chi connectivity index (χ1n) is 6.86. The van der Waals surface area contributed by atoms with Crippen molar-refractivity contribution in [1.29, 1.82) is 0 Å². The minimum Gasteiger partial charge on any atom is -0.318 e. The zero-order chi connectivity index (χ0) is 14.7. The summed E-state index contributed by atoms with van der Waals surface area (Å²) in [4.78, 5) is 8.62. The molecule has 2 rings (SSSR count). The average molecular weight is 291 g/mol. The summed E-state index contributed by atoms with van der Waals surface area (Å²) in [5.74, 6) is 0.771. The molecule has 0 fully saturated rings. The Hall–Kier alpha value is -1.49. The Bertz CT molecular complexity index is 590. The van der Waals surface area contributed by atoms with Gasteiger partial charge in [-0.2, -0.15) is 0 Å². The Morgan fingerprint density at radius 3 is 2.50 bits per heavy atom. The maximum atomic E-state index is 12.6. The number of hydrogen-bond donors (Lipinski definition) is 0. The Kier molecular flexibility index (Phi) is 4.70. The highest BCUT2D eigenvalue weighted by molar-refractivity contribution is 7.84. The highest BCUT2D eigenvalue weighted by Crippen LogP contribution is 2.23. The van der Waals surface area contributed by atoms with E-state index in [0.717, 1.165) is 11.4 Å². The quantitative estimate of drug-likeness (QED) is 0.849. The molecule has 0 amide bonds. The van der Waals surface area contributed by atoms with Crippen LogP contribution in [0.3, 0.4) is 0 Å². The molecule has 0 N–H and O–H groups in total. The van der Waals surface area contributed by atoms with Crippen LogP contribution < -0.4 is 0 Å². The summed E-state index contributed by atoms with van der Waals surface area (Å²) in [5.41, 5.74) is 1.96. The number of aromatic nitrogens is 3. The van der Waals surface area contributed by atoms with E-state index in [0.29, 0.717) is 16.8 Å². The fourth-order valence-electron chi connectivity index (χ4n) is 2.15. The first-order chi connectivity index (χ1) is 9.50. The van der Waals surface area contributed by atoms with Crippen molar-refractivity contribution in [3.05, 3.63) is 42.0 Å². The third kappa shape index (κ3) is 3.15. The summed E-state index contributed by atoms with van der Waals surface area (Å²) in [7, 11) is -1.17. The fourth-order valence-corrected chi connectivity index (χ4v) is 3.43. The molecule has 108 valence electrons. The van der Waals surface area contributed by atoms with Crippen LogP contribution in [0, 0.1) is 0 Å². The number of pyridine rings is 1. The van der Waals surface area contributed by atoms with Gasteiger partial charge >= 0.3 is 0 Å². The van der Waals surface area contributed by atoms with E-state index in [1.165, 1.54) is 0 Å². The second-order valence-electron chi connectivity index (χ2n) is 5.40. The highest BCUT2D eigenvalue weighted by atomic mass is 32.2. The molecule has 0 aliphatic carbocycles. The zero-order valence-electron chi connectivity index (χ0n) is 12.4. The van der Waals surface area contributed by atoms with Gasteiger partial charge in [0.15, 0.2) is 5.16 Å². The van der Waals surface area contributed by atoms with E-state index in [1.807, 2.05) is 24.4 Å². The van der Waals surface area contributed by atoms with Crippen molar-refractivity contribution < 1.29 is 4.21 Å². The maximum absolute atomic E-state index is 12.6. The Labute approximate surface area is 122 Å². The first kappa shape index (κ1) is 14.9. The fraction of sp³-hybridized carbons (Fsp3) is 0.467. The molecule has 2 aromatic rings. The summed E-state index contributed by atoms with van der Waals surface area (Å²) in [6.45, 7) is 8.44. The smallest absolute Gasteiger partial charge is 0.199 e. The van der Waals surface area contributed by atoms with Crippen molar-refractivity contribution in [2.24, 2.45) is 0 Å². The summed E-state index contributed by atoms with van der Waals surface area (Å²) in [5, 5.41) is 0.648. The number of imidazole rings is 1. The van der Waals surface area contributed by atoms with Gasteiger partial charge in [0.2, 0.25) is 0 Å². The molecule has 0 aliphatic heterocycles. The monoisotopic (exact) mass is 291 g/mol. The van der Waals surface area contributed by atoms with Crippen LogP contribution in [0.4, 0.5) is 0 Å². The lowest BCUT2D eigenvalue weighted by Crippen LogP contribution is -2.13. The van der Waals surface area contributed by atoms with E-state index < -0.39 is 10.8 Å². The van der Waals surface area contributed by atoms with E-state index in [1.54, 1.807) is 6.20 Å². The molecule has 0 radical (unpaired) electrons. The minimum atomic E-state index is -1.17. The minimum absolute atomic E-state index is 0.248. The van der Waals surface area contributed by atoms with Gasteiger partial charge in [-0.25, -0.2) is 4.98 Å². The number of hydrogen-bond acceptors (Lipinski definition) is 3. The average Bonchev–Trinajstić information content (AvgIpc) is 2.84. The topological polar surface area (TPSA) is 47.8 Å². The van der Waals surface area contributed by atoms with E-state index in [9.17, 15) is 4.21 Å². The van der Waals surface area contributed by atoms with Crippen molar-refractivity contribution in [3.8, 4) is 0 Å². The molecule has 0 saturated carbocycles. The van der Waals surface area contributed by atoms with E-state index >= 15 is 0 Å². The second kappa shape index (κ2) is 6.31. The van der Waals surface area contributed by atoms with E-state index in [-0.39, 0.29) is 6.04 Å². The van der Waals surface area contributed by atoms with Crippen LogP contribution in [-0.4, -0.2) is 18.7 Å². The highest BCUT2D eigenvalue weighted by Gasteiger charge is 2.19. The van der Waals surface area contributed by atoms with Gasteiger partial charge in [-0.05, 0) is 31.9 Å². The summed E-state index contributed by atoms with van der Waals surface area (Å²) in [6.07, 6.45) is 3.57. The Balaban J connectivity index is 2.31. The van der Waals surface area contributed by atoms with Crippen LogP contribution in [-0.2, 0) is 16.6 Å². The SMILES string of the molecule is CC(C)c1cnc([S@](=O)Cc2ccccn2)n1C(C)C. The maximum Gasteiger partial charge on any atom is 0.199 e. The third-order valence-electron chi connectivity index (χ3n) is 3.11. The van der Waals surface area contributed by atoms with Crippen molar-refractivity contribution in [2.75, 3.05) is 0 Å².